The van der Waals surface area contributed by atoms with Gasteiger partial charge < -0.3 is 10.2 Å². The van der Waals surface area contributed by atoms with E-state index >= 15 is 0 Å². The normalized spacial score (nSPS) is 10.8. The molecular formula is C19H23FN2O. The molecule has 23 heavy (non-hydrogen) atoms. The molecule has 1 N–H and O–H groups in total. The average Bonchev–Trinajstić information content (AvgIpc) is 2.55. The Kier molecular flexibility index (Phi) is 6.29. The number of rotatable bonds is 7. The van der Waals surface area contributed by atoms with E-state index in [1.807, 2.05) is 49.1 Å². The van der Waals surface area contributed by atoms with Gasteiger partial charge in [-0.15, -0.1) is 0 Å². The van der Waals surface area contributed by atoms with Gasteiger partial charge in [0.05, 0.1) is 6.54 Å². The fourth-order valence-corrected chi connectivity index (χ4v) is 2.36. The van der Waals surface area contributed by atoms with Crippen LogP contribution in [0.3, 0.4) is 0 Å². The van der Waals surface area contributed by atoms with Crippen LogP contribution in [0.25, 0.3) is 0 Å². The van der Waals surface area contributed by atoms with E-state index in [0.717, 1.165) is 11.1 Å². The first-order chi connectivity index (χ1) is 11.1. The molecule has 122 valence electrons. The van der Waals surface area contributed by atoms with E-state index in [1.165, 1.54) is 12.1 Å². The highest BCUT2D eigenvalue weighted by Gasteiger charge is 2.16. The predicted octanol–water partition coefficient (Wildman–Crippen LogP) is 3.35. The monoisotopic (exact) mass is 314 g/mol. The van der Waals surface area contributed by atoms with Crippen LogP contribution in [-0.2, 0) is 17.9 Å². The average molecular weight is 314 g/mol. The quantitative estimate of drug-likeness (QED) is 0.850. The second-order valence-corrected chi connectivity index (χ2v) is 5.83. The van der Waals surface area contributed by atoms with Crippen LogP contribution in [0.5, 0.6) is 0 Å². The fraction of sp³-hybridized carbons (Fsp3) is 0.316. The molecule has 1 amide bonds. The van der Waals surface area contributed by atoms with Crippen LogP contribution in [0.4, 0.5) is 4.39 Å². The molecular weight excluding hydrogens is 291 g/mol. The minimum atomic E-state index is -0.251. The van der Waals surface area contributed by atoms with Gasteiger partial charge in [-0.2, -0.15) is 0 Å². The number of hydrogen-bond donors (Lipinski definition) is 1. The first kappa shape index (κ1) is 17.2. The highest BCUT2D eigenvalue weighted by atomic mass is 19.1. The van der Waals surface area contributed by atoms with Crippen LogP contribution in [0, 0.1) is 5.82 Å². The maximum atomic E-state index is 12.9. The Morgan fingerprint density at radius 1 is 1.04 bits per heavy atom. The van der Waals surface area contributed by atoms with Gasteiger partial charge in [0.25, 0.3) is 0 Å². The lowest BCUT2D eigenvalue weighted by Crippen LogP contribution is -2.41. The Morgan fingerprint density at radius 2 is 1.70 bits per heavy atom. The number of halogens is 1. The molecule has 0 atom stereocenters. The summed E-state index contributed by atoms with van der Waals surface area (Å²) in [4.78, 5) is 14.3. The van der Waals surface area contributed by atoms with Crippen molar-refractivity contribution < 1.29 is 9.18 Å². The molecule has 0 fully saturated rings. The lowest BCUT2D eigenvalue weighted by Gasteiger charge is -2.27. The van der Waals surface area contributed by atoms with Crippen molar-refractivity contribution in [2.75, 3.05) is 6.54 Å². The van der Waals surface area contributed by atoms with Crippen LogP contribution in [0.1, 0.15) is 25.0 Å². The van der Waals surface area contributed by atoms with Gasteiger partial charge in [0.1, 0.15) is 5.82 Å². The van der Waals surface area contributed by atoms with Crippen LogP contribution < -0.4 is 5.32 Å². The number of nitrogens with zero attached hydrogens (tertiary/aromatic N) is 1. The Morgan fingerprint density at radius 3 is 2.30 bits per heavy atom. The van der Waals surface area contributed by atoms with Gasteiger partial charge in [-0.1, -0.05) is 42.5 Å². The minimum Gasteiger partial charge on any atom is -0.335 e. The summed E-state index contributed by atoms with van der Waals surface area (Å²) in [5.41, 5.74) is 2.08. The molecule has 0 saturated carbocycles. The topological polar surface area (TPSA) is 32.3 Å². The molecule has 0 unspecified atom stereocenters. The zero-order valence-corrected chi connectivity index (χ0v) is 13.6. The van der Waals surface area contributed by atoms with Crippen molar-refractivity contribution in [1.82, 2.24) is 10.2 Å². The summed E-state index contributed by atoms with van der Waals surface area (Å²) in [7, 11) is 0. The van der Waals surface area contributed by atoms with Crippen LogP contribution in [0.15, 0.2) is 54.6 Å². The van der Waals surface area contributed by atoms with E-state index in [4.69, 9.17) is 0 Å². The van der Waals surface area contributed by atoms with E-state index in [-0.39, 0.29) is 24.3 Å². The second-order valence-electron chi connectivity index (χ2n) is 5.83. The molecule has 0 spiro atoms. The molecule has 0 bridgehead atoms. The lowest BCUT2D eigenvalue weighted by atomic mass is 10.2. The highest BCUT2D eigenvalue weighted by Crippen LogP contribution is 2.08. The van der Waals surface area contributed by atoms with Crippen molar-refractivity contribution in [3.8, 4) is 0 Å². The number of benzene rings is 2. The third kappa shape index (κ3) is 5.49. The molecule has 3 nitrogen and oxygen atoms in total. The standard InChI is InChI=1S/C19H23FN2O/c1-15(2)22(14-17-6-4-3-5-7-17)19(23)13-21-12-16-8-10-18(20)11-9-16/h3-11,15,21H,12-14H2,1-2H3. The fourth-order valence-electron chi connectivity index (χ4n) is 2.36. The van der Waals surface area contributed by atoms with Crippen LogP contribution >= 0.6 is 0 Å². The molecule has 0 saturated heterocycles. The summed E-state index contributed by atoms with van der Waals surface area (Å²) in [5.74, 6) is -0.190. The second kappa shape index (κ2) is 8.44. The van der Waals surface area contributed by atoms with Crippen LogP contribution in [0.2, 0.25) is 0 Å². The SMILES string of the molecule is CC(C)N(Cc1ccccc1)C(=O)CNCc1ccc(F)cc1. The molecule has 4 heteroatoms. The molecule has 0 aliphatic heterocycles. The maximum absolute atomic E-state index is 12.9. The molecule has 0 aliphatic carbocycles. The molecule has 0 aromatic heterocycles. The molecule has 0 heterocycles. The van der Waals surface area contributed by atoms with Gasteiger partial charge >= 0.3 is 0 Å². The third-order valence-corrected chi connectivity index (χ3v) is 3.66. The number of hydrogen-bond acceptors (Lipinski definition) is 2. The van der Waals surface area contributed by atoms with E-state index in [1.54, 1.807) is 12.1 Å². The summed E-state index contributed by atoms with van der Waals surface area (Å²) in [6.45, 7) is 5.45. The van der Waals surface area contributed by atoms with Gasteiger partial charge in [-0.25, -0.2) is 4.39 Å². The zero-order chi connectivity index (χ0) is 16.7. The highest BCUT2D eigenvalue weighted by molar-refractivity contribution is 5.78. The van der Waals surface area contributed by atoms with Crippen molar-refractivity contribution in [3.05, 3.63) is 71.5 Å². The van der Waals surface area contributed by atoms with Crippen molar-refractivity contribution in [2.24, 2.45) is 0 Å². The van der Waals surface area contributed by atoms with Gasteiger partial charge in [0.15, 0.2) is 0 Å². The van der Waals surface area contributed by atoms with Crippen molar-refractivity contribution in [1.29, 1.82) is 0 Å². The molecule has 2 aromatic rings. The van der Waals surface area contributed by atoms with Gasteiger partial charge in [-0.3, -0.25) is 4.79 Å². The summed E-state index contributed by atoms with van der Waals surface area (Å²) >= 11 is 0. The van der Waals surface area contributed by atoms with Gasteiger partial charge in [0.2, 0.25) is 5.91 Å². The number of nitrogens with one attached hydrogen (secondary N) is 1. The van der Waals surface area contributed by atoms with Gasteiger partial charge in [0, 0.05) is 19.1 Å². The van der Waals surface area contributed by atoms with E-state index < -0.39 is 0 Å². The van der Waals surface area contributed by atoms with E-state index in [0.29, 0.717) is 13.1 Å². The smallest absolute Gasteiger partial charge is 0.237 e. The summed E-state index contributed by atoms with van der Waals surface area (Å²) < 4.78 is 12.9. The molecule has 2 aromatic carbocycles. The van der Waals surface area contributed by atoms with Crippen molar-refractivity contribution in [3.63, 3.8) is 0 Å². The largest absolute Gasteiger partial charge is 0.335 e. The van der Waals surface area contributed by atoms with Gasteiger partial charge in [-0.05, 0) is 37.1 Å². The minimum absolute atomic E-state index is 0.0611. The Balaban J connectivity index is 1.87. The van der Waals surface area contributed by atoms with E-state index in [9.17, 15) is 9.18 Å². The molecule has 2 rings (SSSR count). The lowest BCUT2D eigenvalue weighted by molar-refractivity contribution is -0.132. The molecule has 0 aliphatic rings. The number of amides is 1. The Labute approximate surface area is 137 Å². The predicted molar refractivity (Wildman–Crippen MR) is 90.2 cm³/mol. The number of carbonyl (C=O) groups excluding carboxylic acids is 1. The van der Waals surface area contributed by atoms with Crippen molar-refractivity contribution >= 4 is 5.91 Å². The first-order valence-electron chi connectivity index (χ1n) is 7.85. The van der Waals surface area contributed by atoms with E-state index in [2.05, 4.69) is 5.32 Å². The third-order valence-electron chi connectivity index (χ3n) is 3.66. The first-order valence-corrected chi connectivity index (χ1v) is 7.85. The summed E-state index contributed by atoms with van der Waals surface area (Å²) in [6.07, 6.45) is 0. The van der Waals surface area contributed by atoms with Crippen LogP contribution in [-0.4, -0.2) is 23.4 Å². The summed E-state index contributed by atoms with van der Waals surface area (Å²) in [6, 6.07) is 16.4. The molecule has 0 radical (unpaired) electrons. The Hall–Kier alpha value is -2.20. The summed E-state index contributed by atoms with van der Waals surface area (Å²) in [5, 5.41) is 3.13. The zero-order valence-electron chi connectivity index (χ0n) is 13.6. The number of carbonyl (C=O) groups is 1. The Bertz CT molecular complexity index is 611. The maximum Gasteiger partial charge on any atom is 0.237 e. The van der Waals surface area contributed by atoms with Crippen molar-refractivity contribution in [2.45, 2.75) is 33.0 Å².